The summed E-state index contributed by atoms with van der Waals surface area (Å²) in [4.78, 5) is 5.64. The first-order chi connectivity index (χ1) is 8.17. The van der Waals surface area contributed by atoms with Gasteiger partial charge < -0.3 is 10.6 Å². The molecule has 1 aromatic heterocycles. The van der Waals surface area contributed by atoms with E-state index in [1.165, 1.54) is 4.88 Å². The molecule has 0 radical (unpaired) electrons. The van der Waals surface area contributed by atoms with Crippen molar-refractivity contribution in [3.63, 3.8) is 0 Å². The van der Waals surface area contributed by atoms with Gasteiger partial charge in [-0.05, 0) is 24.8 Å². The second-order valence-corrected chi connectivity index (χ2v) is 5.30. The highest BCUT2D eigenvalue weighted by Gasteiger charge is 2.08. The van der Waals surface area contributed by atoms with Gasteiger partial charge in [0.15, 0.2) is 5.96 Å². The summed E-state index contributed by atoms with van der Waals surface area (Å²) >= 11 is 1.81. The largest absolute Gasteiger partial charge is 0.356 e. The van der Waals surface area contributed by atoms with Crippen molar-refractivity contribution in [2.24, 2.45) is 4.99 Å². The third-order valence-corrected chi connectivity index (χ3v) is 3.93. The molecule has 0 saturated carbocycles. The fraction of sp³-hybridized carbons (Fsp3) is 0.615. The summed E-state index contributed by atoms with van der Waals surface area (Å²) in [5.41, 5.74) is 0. The van der Waals surface area contributed by atoms with Gasteiger partial charge in [-0.25, -0.2) is 0 Å². The van der Waals surface area contributed by atoms with Crippen LogP contribution in [0.4, 0.5) is 0 Å². The van der Waals surface area contributed by atoms with Gasteiger partial charge in [0.2, 0.25) is 0 Å². The maximum atomic E-state index is 4.23. The van der Waals surface area contributed by atoms with E-state index in [2.05, 4.69) is 53.9 Å². The molecule has 2 unspecified atom stereocenters. The molecule has 1 heterocycles. The number of nitrogens with one attached hydrogen (secondary N) is 2. The van der Waals surface area contributed by atoms with E-state index < -0.39 is 0 Å². The molecule has 0 aromatic carbocycles. The molecule has 104 valence electrons. The molecular weight excluding hydrogens is 357 g/mol. The highest BCUT2D eigenvalue weighted by molar-refractivity contribution is 14.0. The second-order valence-electron chi connectivity index (χ2n) is 4.32. The Balaban J connectivity index is 0.00000289. The van der Waals surface area contributed by atoms with E-state index in [0.29, 0.717) is 12.0 Å². The summed E-state index contributed by atoms with van der Waals surface area (Å²) in [6.07, 6.45) is 1.10. The van der Waals surface area contributed by atoms with Gasteiger partial charge in [0.05, 0.1) is 0 Å². The smallest absolute Gasteiger partial charge is 0.191 e. The third kappa shape index (κ3) is 6.04. The van der Waals surface area contributed by atoms with Crippen molar-refractivity contribution in [3.05, 3.63) is 22.4 Å². The molecule has 0 aliphatic rings. The highest BCUT2D eigenvalue weighted by atomic mass is 127. The minimum atomic E-state index is 0. The first kappa shape index (κ1) is 17.7. The number of nitrogens with zero attached hydrogens (tertiary/aromatic N) is 1. The number of thiophene rings is 1. The maximum Gasteiger partial charge on any atom is 0.191 e. The van der Waals surface area contributed by atoms with Crippen LogP contribution in [-0.2, 0) is 0 Å². The standard InChI is InChI=1S/C13H23N3S.HI/c1-5-11(3)16-13(14-4)15-9-10(2)12-7-6-8-17-12;/h6-8,10-11H,5,9H2,1-4H3,(H2,14,15,16);1H. The lowest BCUT2D eigenvalue weighted by Crippen LogP contribution is -2.43. The van der Waals surface area contributed by atoms with Gasteiger partial charge in [-0.1, -0.05) is 19.9 Å². The Morgan fingerprint density at radius 3 is 2.67 bits per heavy atom. The van der Waals surface area contributed by atoms with Crippen LogP contribution in [0.15, 0.2) is 22.5 Å². The van der Waals surface area contributed by atoms with Gasteiger partial charge in [0, 0.05) is 30.4 Å². The van der Waals surface area contributed by atoms with E-state index in [1.807, 2.05) is 18.4 Å². The van der Waals surface area contributed by atoms with Crippen molar-refractivity contribution < 1.29 is 0 Å². The van der Waals surface area contributed by atoms with Gasteiger partial charge in [0.1, 0.15) is 0 Å². The van der Waals surface area contributed by atoms with Crippen LogP contribution in [0.1, 0.15) is 38.0 Å². The lowest BCUT2D eigenvalue weighted by Gasteiger charge is -2.18. The van der Waals surface area contributed by atoms with Crippen molar-refractivity contribution in [2.75, 3.05) is 13.6 Å². The van der Waals surface area contributed by atoms with E-state index in [0.717, 1.165) is 18.9 Å². The van der Waals surface area contributed by atoms with Crippen molar-refractivity contribution in [2.45, 2.75) is 39.2 Å². The molecule has 3 nitrogen and oxygen atoms in total. The quantitative estimate of drug-likeness (QED) is 0.466. The Hall–Kier alpha value is -0.300. The first-order valence-corrected chi connectivity index (χ1v) is 7.05. The minimum Gasteiger partial charge on any atom is -0.356 e. The molecule has 0 bridgehead atoms. The van der Waals surface area contributed by atoms with E-state index in [9.17, 15) is 0 Å². The predicted molar refractivity (Wildman–Crippen MR) is 92.4 cm³/mol. The van der Waals surface area contributed by atoms with E-state index in [1.54, 1.807) is 0 Å². The molecule has 0 aliphatic carbocycles. The van der Waals surface area contributed by atoms with Crippen LogP contribution < -0.4 is 10.6 Å². The zero-order valence-electron chi connectivity index (χ0n) is 11.6. The molecule has 5 heteroatoms. The van der Waals surface area contributed by atoms with Crippen molar-refractivity contribution in [1.82, 2.24) is 10.6 Å². The lowest BCUT2D eigenvalue weighted by molar-refractivity contribution is 0.616. The van der Waals surface area contributed by atoms with Crippen molar-refractivity contribution in [1.29, 1.82) is 0 Å². The van der Waals surface area contributed by atoms with Gasteiger partial charge in [0.25, 0.3) is 0 Å². The predicted octanol–water partition coefficient (Wildman–Crippen LogP) is 3.43. The molecule has 1 aromatic rings. The third-order valence-electron chi connectivity index (χ3n) is 2.82. The van der Waals surface area contributed by atoms with Crippen molar-refractivity contribution in [3.8, 4) is 0 Å². The minimum absolute atomic E-state index is 0. The maximum absolute atomic E-state index is 4.23. The van der Waals surface area contributed by atoms with Gasteiger partial charge >= 0.3 is 0 Å². The van der Waals surface area contributed by atoms with Crippen molar-refractivity contribution >= 4 is 41.3 Å². The van der Waals surface area contributed by atoms with Crippen LogP contribution in [-0.4, -0.2) is 25.6 Å². The Morgan fingerprint density at radius 2 is 2.17 bits per heavy atom. The van der Waals surface area contributed by atoms with E-state index in [-0.39, 0.29) is 24.0 Å². The molecule has 1 rings (SSSR count). The van der Waals surface area contributed by atoms with Gasteiger partial charge in [-0.2, -0.15) is 0 Å². The second kappa shape index (κ2) is 9.61. The van der Waals surface area contributed by atoms with Crippen LogP contribution in [0.5, 0.6) is 0 Å². The van der Waals surface area contributed by atoms with Gasteiger partial charge in [-0.15, -0.1) is 35.3 Å². The van der Waals surface area contributed by atoms with Crippen LogP contribution in [0.3, 0.4) is 0 Å². The van der Waals surface area contributed by atoms with E-state index >= 15 is 0 Å². The van der Waals surface area contributed by atoms with Crippen LogP contribution >= 0.6 is 35.3 Å². The summed E-state index contributed by atoms with van der Waals surface area (Å²) in [7, 11) is 1.81. The number of rotatable bonds is 5. The fourth-order valence-corrected chi connectivity index (χ4v) is 2.24. The topological polar surface area (TPSA) is 36.4 Å². The lowest BCUT2D eigenvalue weighted by atomic mass is 10.1. The fourth-order valence-electron chi connectivity index (χ4n) is 1.45. The zero-order chi connectivity index (χ0) is 12.7. The Kier molecular flexibility index (Phi) is 9.45. The molecule has 2 atom stereocenters. The average molecular weight is 381 g/mol. The number of halogens is 1. The number of hydrogen-bond acceptors (Lipinski definition) is 2. The monoisotopic (exact) mass is 381 g/mol. The molecule has 0 saturated heterocycles. The number of guanidine groups is 1. The molecule has 2 N–H and O–H groups in total. The average Bonchev–Trinajstić information content (AvgIpc) is 2.87. The van der Waals surface area contributed by atoms with Crippen LogP contribution in [0, 0.1) is 0 Å². The molecule has 0 spiro atoms. The Morgan fingerprint density at radius 1 is 1.44 bits per heavy atom. The normalized spacial score (nSPS) is 14.6. The first-order valence-electron chi connectivity index (χ1n) is 6.18. The molecule has 0 aliphatic heterocycles. The summed E-state index contributed by atoms with van der Waals surface area (Å²) in [5, 5.41) is 8.85. The highest BCUT2D eigenvalue weighted by Crippen LogP contribution is 2.19. The molecule has 0 amide bonds. The van der Waals surface area contributed by atoms with E-state index in [4.69, 9.17) is 0 Å². The molecule has 0 fully saturated rings. The van der Waals surface area contributed by atoms with Crippen LogP contribution in [0.2, 0.25) is 0 Å². The number of aliphatic imine (C=N–C) groups is 1. The molecular formula is C13H24IN3S. The van der Waals surface area contributed by atoms with Gasteiger partial charge in [-0.3, -0.25) is 4.99 Å². The summed E-state index contributed by atoms with van der Waals surface area (Å²) < 4.78 is 0. The SMILES string of the molecule is CCC(C)NC(=NC)NCC(C)c1cccs1.I. The molecule has 18 heavy (non-hydrogen) atoms. The summed E-state index contributed by atoms with van der Waals surface area (Å²) in [6, 6.07) is 4.74. The number of hydrogen-bond donors (Lipinski definition) is 2. The summed E-state index contributed by atoms with van der Waals surface area (Å²) in [6.45, 7) is 7.47. The Labute approximate surface area is 131 Å². The zero-order valence-corrected chi connectivity index (χ0v) is 14.7. The summed E-state index contributed by atoms with van der Waals surface area (Å²) in [5.74, 6) is 1.41. The Bertz CT molecular complexity index is 338. The van der Waals surface area contributed by atoms with Crippen LogP contribution in [0.25, 0.3) is 0 Å².